The lowest BCUT2D eigenvalue weighted by atomic mass is 10.1. The first-order valence-electron chi connectivity index (χ1n) is 7.23. The molecule has 0 saturated carbocycles. The van der Waals surface area contributed by atoms with Crippen LogP contribution in [-0.2, 0) is 14.2 Å². The smallest absolute Gasteiger partial charge is 0.166 e. The van der Waals surface area contributed by atoms with Crippen molar-refractivity contribution in [3.8, 4) is 0 Å². The molecule has 0 unspecified atom stereocenters. The minimum Gasteiger partial charge on any atom is -0.349 e. The van der Waals surface area contributed by atoms with Gasteiger partial charge in [0, 0.05) is 4.91 Å². The molecule has 2 saturated heterocycles. The first-order valence-corrected chi connectivity index (χ1v) is 7.23. The Morgan fingerprint density at radius 3 is 3.00 bits per heavy atom. The van der Waals surface area contributed by atoms with E-state index in [9.17, 15) is 0 Å². The summed E-state index contributed by atoms with van der Waals surface area (Å²) in [6.45, 7) is 3.87. The molecule has 2 aromatic rings. The minimum atomic E-state index is -0.725. The fourth-order valence-electron chi connectivity index (χ4n) is 3.12. The van der Waals surface area contributed by atoms with Crippen molar-refractivity contribution < 1.29 is 14.2 Å². The van der Waals surface area contributed by atoms with Crippen LogP contribution in [0, 0.1) is 0 Å². The van der Waals surface area contributed by atoms with Crippen molar-refractivity contribution in [2.24, 2.45) is 5.11 Å². The van der Waals surface area contributed by atoms with E-state index in [-0.39, 0.29) is 24.9 Å². The predicted molar refractivity (Wildman–Crippen MR) is 77.1 cm³/mol. The van der Waals surface area contributed by atoms with Crippen molar-refractivity contribution in [2.45, 2.75) is 44.2 Å². The van der Waals surface area contributed by atoms with Crippen molar-refractivity contribution in [1.82, 2.24) is 19.5 Å². The predicted octanol–water partition coefficient (Wildman–Crippen LogP) is 1.55. The summed E-state index contributed by atoms with van der Waals surface area (Å²) in [6, 6.07) is 0. The van der Waals surface area contributed by atoms with E-state index in [2.05, 4.69) is 25.0 Å². The molecule has 2 aliphatic rings. The van der Waals surface area contributed by atoms with E-state index in [4.69, 9.17) is 19.7 Å². The van der Waals surface area contributed by atoms with Crippen LogP contribution >= 0.6 is 0 Å². The van der Waals surface area contributed by atoms with Crippen LogP contribution in [0.2, 0.25) is 0 Å². The molecule has 0 amide bonds. The molecule has 4 rings (SSSR count). The summed E-state index contributed by atoms with van der Waals surface area (Å²) in [5.41, 5.74) is 9.88. The molecule has 0 spiro atoms. The number of fused-ring (bicyclic) bond motifs is 2. The zero-order valence-electron chi connectivity index (χ0n) is 12.6. The number of hydrogen-bond donors (Lipinski definition) is 0. The molecular weight excluding hydrogens is 302 g/mol. The fourth-order valence-corrected chi connectivity index (χ4v) is 3.12. The molecule has 0 aliphatic carbocycles. The zero-order chi connectivity index (χ0) is 16.0. The van der Waals surface area contributed by atoms with Crippen molar-refractivity contribution in [3.05, 3.63) is 29.3 Å². The van der Waals surface area contributed by atoms with Gasteiger partial charge in [-0.1, -0.05) is 5.11 Å². The summed E-state index contributed by atoms with van der Waals surface area (Å²) < 4.78 is 19.7. The topological polar surface area (TPSA) is 120 Å². The Balaban J connectivity index is 1.72. The average Bonchev–Trinajstić information content (AvgIpc) is 3.16. The Kier molecular flexibility index (Phi) is 3.20. The lowest BCUT2D eigenvalue weighted by Crippen LogP contribution is -2.31. The lowest BCUT2D eigenvalue weighted by molar-refractivity contribution is -0.195. The van der Waals surface area contributed by atoms with E-state index in [0.29, 0.717) is 11.2 Å². The second-order valence-corrected chi connectivity index (χ2v) is 5.93. The number of azide groups is 1. The van der Waals surface area contributed by atoms with Crippen LogP contribution in [-0.4, -0.2) is 50.2 Å². The third-order valence-electron chi connectivity index (χ3n) is 3.96. The molecule has 4 atom stereocenters. The minimum absolute atomic E-state index is 0.176. The monoisotopic (exact) mass is 317 g/mol. The van der Waals surface area contributed by atoms with Crippen molar-refractivity contribution in [3.63, 3.8) is 0 Å². The maximum atomic E-state index is 8.56. The largest absolute Gasteiger partial charge is 0.349 e. The van der Waals surface area contributed by atoms with Crippen molar-refractivity contribution >= 4 is 11.2 Å². The second kappa shape index (κ2) is 5.14. The SMILES string of the molecule is CC1(C)O[C@H]2[C@H](O1)[C@@H](CN=[N+]=[N-])O[C@H]2n1cnc2cncnc21. The molecule has 10 heteroatoms. The van der Waals surface area contributed by atoms with Gasteiger partial charge in [-0.15, -0.1) is 0 Å². The summed E-state index contributed by atoms with van der Waals surface area (Å²) in [5, 5.41) is 3.61. The van der Waals surface area contributed by atoms with E-state index in [0.717, 1.165) is 0 Å². The molecule has 2 aliphatic heterocycles. The maximum absolute atomic E-state index is 8.56. The first-order chi connectivity index (χ1) is 11.1. The van der Waals surface area contributed by atoms with Gasteiger partial charge >= 0.3 is 0 Å². The molecule has 4 heterocycles. The van der Waals surface area contributed by atoms with Crippen LogP contribution in [0.3, 0.4) is 0 Å². The molecule has 0 aromatic carbocycles. The fraction of sp³-hybridized carbons (Fsp3) is 0.615. The number of imidazole rings is 1. The van der Waals surface area contributed by atoms with Crippen LogP contribution in [0.5, 0.6) is 0 Å². The highest BCUT2D eigenvalue weighted by Gasteiger charge is 2.55. The summed E-state index contributed by atoms with van der Waals surface area (Å²) in [7, 11) is 0. The quantitative estimate of drug-likeness (QED) is 0.481. The van der Waals surface area contributed by atoms with E-state index in [1.165, 1.54) is 6.33 Å². The second-order valence-electron chi connectivity index (χ2n) is 5.93. The van der Waals surface area contributed by atoms with E-state index >= 15 is 0 Å². The number of nitrogens with zero attached hydrogens (tertiary/aromatic N) is 7. The molecule has 0 N–H and O–H groups in total. The van der Waals surface area contributed by atoms with Gasteiger partial charge in [-0.25, -0.2) is 15.0 Å². The zero-order valence-corrected chi connectivity index (χ0v) is 12.6. The summed E-state index contributed by atoms with van der Waals surface area (Å²) in [6.07, 6.45) is 3.24. The van der Waals surface area contributed by atoms with Crippen molar-refractivity contribution in [1.29, 1.82) is 0 Å². The molecule has 0 bridgehead atoms. The first kappa shape index (κ1) is 14.3. The highest BCUT2D eigenvalue weighted by molar-refractivity contribution is 5.69. The van der Waals surface area contributed by atoms with Gasteiger partial charge in [-0.05, 0) is 19.4 Å². The highest BCUT2D eigenvalue weighted by Crippen LogP contribution is 2.43. The van der Waals surface area contributed by atoms with Crippen LogP contribution in [0.1, 0.15) is 20.1 Å². The molecule has 120 valence electrons. The lowest BCUT2D eigenvalue weighted by Gasteiger charge is -2.24. The number of ether oxygens (including phenoxy) is 3. The van der Waals surface area contributed by atoms with Crippen LogP contribution < -0.4 is 0 Å². The third-order valence-corrected chi connectivity index (χ3v) is 3.96. The molecule has 10 nitrogen and oxygen atoms in total. The van der Waals surface area contributed by atoms with Gasteiger partial charge in [0.2, 0.25) is 0 Å². The maximum Gasteiger partial charge on any atom is 0.166 e. The Labute approximate surface area is 131 Å². The molecular formula is C13H15N7O3. The van der Waals surface area contributed by atoms with Crippen molar-refractivity contribution in [2.75, 3.05) is 6.54 Å². The van der Waals surface area contributed by atoms with E-state index < -0.39 is 12.0 Å². The molecule has 2 aromatic heterocycles. The van der Waals surface area contributed by atoms with Gasteiger partial charge < -0.3 is 14.2 Å². The Hall–Kier alpha value is -2.26. The Morgan fingerprint density at radius 2 is 2.17 bits per heavy atom. The molecule has 2 fully saturated rings. The molecule has 0 radical (unpaired) electrons. The van der Waals surface area contributed by atoms with Gasteiger partial charge in [-0.2, -0.15) is 0 Å². The van der Waals surface area contributed by atoms with Crippen LogP contribution in [0.25, 0.3) is 21.6 Å². The number of aromatic nitrogens is 4. The number of hydrogen-bond acceptors (Lipinski definition) is 7. The average molecular weight is 317 g/mol. The third kappa shape index (κ3) is 2.32. The normalized spacial score (nSPS) is 31.9. The molecule has 23 heavy (non-hydrogen) atoms. The van der Waals surface area contributed by atoms with E-state index in [1.54, 1.807) is 17.1 Å². The summed E-state index contributed by atoms with van der Waals surface area (Å²) in [4.78, 5) is 15.3. The Bertz CT molecular complexity index is 785. The summed E-state index contributed by atoms with van der Waals surface area (Å²) >= 11 is 0. The standard InChI is InChI=1S/C13H15N7O3/c1-13(2)22-9-8(4-18-19-14)21-12(10(9)23-13)20-6-17-7-3-15-5-16-11(7)20/h3,5-6,8-10,12H,4H2,1-2H3/t8-,9-,10+,12-/m1/s1. The number of rotatable bonds is 3. The van der Waals surface area contributed by atoms with Crippen LogP contribution in [0.15, 0.2) is 24.0 Å². The van der Waals surface area contributed by atoms with Gasteiger partial charge in [0.1, 0.15) is 24.1 Å². The van der Waals surface area contributed by atoms with Gasteiger partial charge in [0.25, 0.3) is 0 Å². The van der Waals surface area contributed by atoms with Gasteiger partial charge in [0.15, 0.2) is 17.7 Å². The van der Waals surface area contributed by atoms with Gasteiger partial charge in [-0.3, -0.25) is 4.57 Å². The summed E-state index contributed by atoms with van der Waals surface area (Å²) in [5.74, 6) is -0.725. The van der Waals surface area contributed by atoms with Gasteiger partial charge in [0.05, 0.1) is 25.2 Å². The van der Waals surface area contributed by atoms with E-state index in [1.807, 2.05) is 13.8 Å². The highest BCUT2D eigenvalue weighted by atomic mass is 16.8. The Morgan fingerprint density at radius 1 is 1.35 bits per heavy atom. The van der Waals surface area contributed by atoms with Crippen LogP contribution in [0.4, 0.5) is 0 Å².